The van der Waals surface area contributed by atoms with E-state index in [1.165, 1.54) is 0 Å². The lowest BCUT2D eigenvalue weighted by molar-refractivity contribution is -0.271. The zero-order valence-corrected chi connectivity index (χ0v) is 14.1. The number of esters is 1. The fraction of sp³-hybridized carbons (Fsp3) is 0.833. The first kappa shape index (κ1) is 15.7. The minimum atomic E-state index is -1.18. The van der Waals surface area contributed by atoms with Crippen LogP contribution in [0.2, 0.25) is 0 Å². The van der Waals surface area contributed by atoms with Gasteiger partial charge >= 0.3 is 5.97 Å². The monoisotopic (exact) mass is 306 g/mol. The highest BCUT2D eigenvalue weighted by Gasteiger charge is 2.80. The van der Waals surface area contributed by atoms with E-state index in [1.54, 1.807) is 20.8 Å². The van der Waals surface area contributed by atoms with Crippen LogP contribution in [0, 0.1) is 16.2 Å². The average molecular weight is 306 g/mol. The SMILES string of the molecule is CC(C)(C)C(=O)O[C@]12C[C@]3(C)CCCC(=O)[C@@]31CCCC2=O. The molecule has 0 bridgehead atoms. The van der Waals surface area contributed by atoms with Crippen molar-refractivity contribution in [3.8, 4) is 0 Å². The summed E-state index contributed by atoms with van der Waals surface area (Å²) in [5, 5.41) is 0. The van der Waals surface area contributed by atoms with Crippen LogP contribution >= 0.6 is 0 Å². The highest BCUT2D eigenvalue weighted by molar-refractivity contribution is 6.03. The van der Waals surface area contributed by atoms with Crippen LogP contribution in [-0.2, 0) is 19.1 Å². The molecular weight excluding hydrogens is 280 g/mol. The van der Waals surface area contributed by atoms with E-state index in [2.05, 4.69) is 6.92 Å². The molecule has 0 amide bonds. The third-order valence-electron chi connectivity index (χ3n) is 6.25. The molecule has 0 aromatic rings. The highest BCUT2D eigenvalue weighted by atomic mass is 16.6. The van der Waals surface area contributed by atoms with E-state index >= 15 is 0 Å². The second kappa shape index (κ2) is 4.42. The number of ether oxygens (including phenoxy) is 1. The molecule has 0 unspecified atom stereocenters. The summed E-state index contributed by atoms with van der Waals surface area (Å²) in [7, 11) is 0. The maximum absolute atomic E-state index is 12.9. The molecule has 0 heterocycles. The lowest BCUT2D eigenvalue weighted by atomic mass is 9.33. The van der Waals surface area contributed by atoms with Gasteiger partial charge in [0.15, 0.2) is 11.4 Å². The Kier molecular flexibility index (Phi) is 3.16. The molecule has 0 radical (unpaired) electrons. The molecule has 3 saturated carbocycles. The smallest absolute Gasteiger partial charge is 0.312 e. The lowest BCUT2D eigenvalue weighted by Gasteiger charge is -2.70. The summed E-state index contributed by atoms with van der Waals surface area (Å²) in [4.78, 5) is 38.1. The number of rotatable bonds is 1. The van der Waals surface area contributed by atoms with Crippen LogP contribution in [0.15, 0.2) is 0 Å². The summed E-state index contributed by atoms with van der Waals surface area (Å²) < 4.78 is 5.84. The molecule has 3 rings (SSSR count). The van der Waals surface area contributed by atoms with E-state index in [9.17, 15) is 14.4 Å². The van der Waals surface area contributed by atoms with Gasteiger partial charge in [0, 0.05) is 19.3 Å². The maximum Gasteiger partial charge on any atom is 0.312 e. The van der Waals surface area contributed by atoms with E-state index in [4.69, 9.17) is 4.74 Å². The number of hydrogen-bond acceptors (Lipinski definition) is 4. The van der Waals surface area contributed by atoms with Gasteiger partial charge in [0.05, 0.1) is 10.8 Å². The standard InChI is InChI=1S/C18H26O4/c1-15(2,3)14(21)22-18-11-16(4)9-5-7-12(19)17(16,18)10-6-8-13(18)20/h5-11H2,1-4H3/t16-,17-,18-/m0/s1. The number of carbonyl (C=O) groups excluding carboxylic acids is 3. The second-order valence-corrected chi connectivity index (χ2v) is 8.66. The Morgan fingerprint density at radius 3 is 2.23 bits per heavy atom. The molecule has 22 heavy (non-hydrogen) atoms. The molecule has 0 saturated heterocycles. The Morgan fingerprint density at radius 1 is 1.05 bits per heavy atom. The van der Waals surface area contributed by atoms with E-state index in [1.807, 2.05) is 0 Å². The summed E-state index contributed by atoms with van der Waals surface area (Å²) in [5.74, 6) is -0.270. The van der Waals surface area contributed by atoms with Crippen molar-refractivity contribution in [3.05, 3.63) is 0 Å². The number of hydrogen-bond donors (Lipinski definition) is 0. The maximum atomic E-state index is 12.9. The normalized spacial score (nSPS) is 41.3. The molecule has 3 aliphatic carbocycles. The average Bonchev–Trinajstić information content (AvgIpc) is 2.38. The van der Waals surface area contributed by atoms with Crippen LogP contribution in [0.5, 0.6) is 0 Å². The van der Waals surface area contributed by atoms with Gasteiger partial charge in [-0.1, -0.05) is 6.92 Å². The van der Waals surface area contributed by atoms with Gasteiger partial charge in [0.2, 0.25) is 0 Å². The van der Waals surface area contributed by atoms with Crippen molar-refractivity contribution in [2.45, 2.75) is 78.2 Å². The second-order valence-electron chi connectivity index (χ2n) is 8.66. The van der Waals surface area contributed by atoms with Gasteiger partial charge in [-0.15, -0.1) is 0 Å². The van der Waals surface area contributed by atoms with Gasteiger partial charge in [-0.2, -0.15) is 0 Å². The molecule has 122 valence electrons. The third-order valence-corrected chi connectivity index (χ3v) is 6.25. The molecule has 0 aromatic heterocycles. The zero-order valence-electron chi connectivity index (χ0n) is 14.1. The van der Waals surface area contributed by atoms with E-state index < -0.39 is 16.4 Å². The Balaban J connectivity index is 2.05. The number of carbonyl (C=O) groups is 3. The molecule has 3 fully saturated rings. The summed E-state index contributed by atoms with van der Waals surface area (Å²) >= 11 is 0. The van der Waals surface area contributed by atoms with Crippen molar-refractivity contribution in [2.75, 3.05) is 0 Å². The summed E-state index contributed by atoms with van der Waals surface area (Å²) in [6.07, 6.45) is 4.70. The summed E-state index contributed by atoms with van der Waals surface area (Å²) in [5.41, 5.74) is -2.79. The van der Waals surface area contributed by atoms with Crippen molar-refractivity contribution in [3.63, 3.8) is 0 Å². The van der Waals surface area contributed by atoms with Crippen molar-refractivity contribution in [1.82, 2.24) is 0 Å². The predicted molar refractivity (Wildman–Crippen MR) is 81.2 cm³/mol. The predicted octanol–water partition coefficient (Wildman–Crippen LogP) is 3.22. The van der Waals surface area contributed by atoms with Gasteiger partial charge < -0.3 is 4.74 Å². The molecule has 4 nitrogen and oxygen atoms in total. The molecule has 1 spiro atoms. The summed E-state index contributed by atoms with van der Waals surface area (Å²) in [6, 6.07) is 0. The first-order valence-electron chi connectivity index (χ1n) is 8.39. The Labute approximate surface area is 132 Å². The van der Waals surface area contributed by atoms with E-state index in [-0.39, 0.29) is 23.0 Å². The third kappa shape index (κ3) is 1.67. The highest BCUT2D eigenvalue weighted by Crippen LogP contribution is 2.73. The van der Waals surface area contributed by atoms with Crippen molar-refractivity contribution in [2.24, 2.45) is 16.2 Å². The minimum Gasteiger partial charge on any atom is -0.450 e. The Morgan fingerprint density at radius 2 is 1.64 bits per heavy atom. The van der Waals surface area contributed by atoms with Gasteiger partial charge in [-0.3, -0.25) is 14.4 Å². The summed E-state index contributed by atoms with van der Waals surface area (Å²) in [6.45, 7) is 7.46. The van der Waals surface area contributed by atoms with Crippen molar-refractivity contribution < 1.29 is 19.1 Å². The molecule has 3 atom stereocenters. The van der Waals surface area contributed by atoms with Gasteiger partial charge in [-0.05, 0) is 51.9 Å². The van der Waals surface area contributed by atoms with E-state index in [0.717, 1.165) is 19.3 Å². The zero-order chi connectivity index (χ0) is 16.4. The largest absolute Gasteiger partial charge is 0.450 e. The van der Waals surface area contributed by atoms with E-state index in [0.29, 0.717) is 25.7 Å². The Hall–Kier alpha value is -1.19. The van der Waals surface area contributed by atoms with Crippen LogP contribution in [0.4, 0.5) is 0 Å². The van der Waals surface area contributed by atoms with Crippen molar-refractivity contribution in [1.29, 1.82) is 0 Å². The number of ketones is 2. The first-order valence-corrected chi connectivity index (χ1v) is 8.39. The lowest BCUT2D eigenvalue weighted by Crippen LogP contribution is -2.79. The van der Waals surface area contributed by atoms with Crippen LogP contribution in [0.25, 0.3) is 0 Å². The first-order chi connectivity index (χ1) is 10.1. The number of Topliss-reactive ketones (excluding diaryl/α,β-unsaturated/α-hetero) is 2. The van der Waals surface area contributed by atoms with Crippen LogP contribution < -0.4 is 0 Å². The molecular formula is C18H26O4. The van der Waals surface area contributed by atoms with Crippen LogP contribution in [0.3, 0.4) is 0 Å². The molecule has 0 aliphatic heterocycles. The minimum absolute atomic E-state index is 0.0379. The van der Waals surface area contributed by atoms with Crippen LogP contribution in [0.1, 0.15) is 72.6 Å². The van der Waals surface area contributed by atoms with Gasteiger partial charge in [-0.25, -0.2) is 0 Å². The quantitative estimate of drug-likeness (QED) is 0.698. The van der Waals surface area contributed by atoms with Gasteiger partial charge in [0.1, 0.15) is 5.78 Å². The molecule has 0 aromatic carbocycles. The fourth-order valence-corrected chi connectivity index (χ4v) is 5.14. The van der Waals surface area contributed by atoms with Gasteiger partial charge in [0.25, 0.3) is 0 Å². The topological polar surface area (TPSA) is 60.4 Å². The molecule has 4 heteroatoms. The fourth-order valence-electron chi connectivity index (χ4n) is 5.14. The molecule has 0 N–H and O–H groups in total. The Bertz CT molecular complexity index is 558. The molecule has 3 aliphatic rings. The van der Waals surface area contributed by atoms with Crippen molar-refractivity contribution >= 4 is 17.5 Å². The van der Waals surface area contributed by atoms with Crippen LogP contribution in [-0.4, -0.2) is 23.1 Å².